The average molecular weight is 242 g/mol. The Labute approximate surface area is 104 Å². The quantitative estimate of drug-likeness (QED) is 0.564. The van der Waals surface area contributed by atoms with E-state index in [4.69, 9.17) is 4.74 Å². The van der Waals surface area contributed by atoms with Crippen molar-refractivity contribution in [3.8, 4) is 0 Å². The number of hydrogen-bond acceptors (Lipinski definition) is 4. The molecule has 0 bridgehead atoms. The number of carbonyl (C=O) groups excluding carboxylic acids is 1. The third kappa shape index (κ3) is 6.03. The van der Waals surface area contributed by atoms with Gasteiger partial charge in [0, 0.05) is 6.04 Å². The summed E-state index contributed by atoms with van der Waals surface area (Å²) in [5, 5.41) is 6.84. The van der Waals surface area contributed by atoms with Crippen LogP contribution in [-0.2, 0) is 9.53 Å². The molecule has 2 N–H and O–H groups in total. The number of carbonyl (C=O) groups is 1. The molecule has 1 fully saturated rings. The minimum atomic E-state index is -0.386. The highest BCUT2D eigenvalue weighted by atomic mass is 16.5. The van der Waals surface area contributed by atoms with E-state index in [2.05, 4.69) is 10.6 Å². The minimum absolute atomic E-state index is 0.112. The molecule has 1 rings (SSSR count). The van der Waals surface area contributed by atoms with Crippen LogP contribution in [0.15, 0.2) is 0 Å². The normalized spacial score (nSPS) is 18.1. The van der Waals surface area contributed by atoms with Crippen LogP contribution in [0.3, 0.4) is 0 Å². The van der Waals surface area contributed by atoms with Gasteiger partial charge in [-0.25, -0.2) is 0 Å². The summed E-state index contributed by atoms with van der Waals surface area (Å²) in [6.45, 7) is 9.30. The van der Waals surface area contributed by atoms with Crippen LogP contribution in [0.4, 0.5) is 0 Å². The molecule has 0 aromatic carbocycles. The van der Waals surface area contributed by atoms with Gasteiger partial charge in [0.05, 0.1) is 12.0 Å². The van der Waals surface area contributed by atoms with E-state index in [1.165, 1.54) is 12.8 Å². The number of piperidine rings is 1. The number of ether oxygens (including phenoxy) is 1. The van der Waals surface area contributed by atoms with Crippen molar-refractivity contribution in [3.05, 3.63) is 0 Å². The highest BCUT2D eigenvalue weighted by molar-refractivity contribution is 5.75. The van der Waals surface area contributed by atoms with Crippen molar-refractivity contribution < 1.29 is 9.53 Å². The molecular weight excluding hydrogens is 216 g/mol. The molecule has 0 aromatic rings. The highest BCUT2D eigenvalue weighted by Crippen LogP contribution is 2.14. The van der Waals surface area contributed by atoms with E-state index in [1.807, 2.05) is 20.8 Å². The number of rotatable bonds is 5. The monoisotopic (exact) mass is 242 g/mol. The fourth-order valence-corrected chi connectivity index (χ4v) is 1.79. The van der Waals surface area contributed by atoms with E-state index in [9.17, 15) is 4.79 Å². The molecule has 0 spiro atoms. The van der Waals surface area contributed by atoms with Crippen molar-refractivity contribution in [3.63, 3.8) is 0 Å². The maximum Gasteiger partial charge on any atom is 0.311 e. The molecule has 1 saturated heterocycles. The lowest BCUT2D eigenvalue weighted by Gasteiger charge is -2.23. The largest absolute Gasteiger partial charge is 0.465 e. The summed E-state index contributed by atoms with van der Waals surface area (Å²) in [6, 6.07) is 0.634. The third-order valence-corrected chi connectivity index (χ3v) is 2.94. The van der Waals surface area contributed by atoms with Crippen LogP contribution in [0, 0.1) is 5.41 Å². The molecule has 100 valence electrons. The zero-order valence-corrected chi connectivity index (χ0v) is 11.3. The standard InChI is InChI=1S/C13H26N2O2/c1-13(2,3)12(16)17-10-4-7-15-11-5-8-14-9-6-11/h11,14-15H,4-10H2,1-3H3. The van der Waals surface area contributed by atoms with Crippen LogP contribution in [0.5, 0.6) is 0 Å². The van der Waals surface area contributed by atoms with Gasteiger partial charge < -0.3 is 15.4 Å². The van der Waals surface area contributed by atoms with E-state index in [-0.39, 0.29) is 11.4 Å². The van der Waals surface area contributed by atoms with Gasteiger partial charge in [0.2, 0.25) is 0 Å². The second-order valence-corrected chi connectivity index (χ2v) is 5.72. The Hall–Kier alpha value is -0.610. The SMILES string of the molecule is CC(C)(C)C(=O)OCCCNC1CCNCC1. The average Bonchev–Trinajstić information content (AvgIpc) is 2.28. The molecule has 4 heteroatoms. The van der Waals surface area contributed by atoms with Crippen LogP contribution in [0.2, 0.25) is 0 Å². The van der Waals surface area contributed by atoms with Crippen molar-refractivity contribution in [2.45, 2.75) is 46.1 Å². The highest BCUT2D eigenvalue weighted by Gasteiger charge is 2.22. The van der Waals surface area contributed by atoms with Gasteiger partial charge in [-0.05, 0) is 59.7 Å². The Morgan fingerprint density at radius 1 is 1.35 bits per heavy atom. The Morgan fingerprint density at radius 2 is 2.00 bits per heavy atom. The van der Waals surface area contributed by atoms with Gasteiger partial charge >= 0.3 is 5.97 Å². The van der Waals surface area contributed by atoms with Crippen molar-refractivity contribution in [1.29, 1.82) is 0 Å². The predicted molar refractivity (Wildman–Crippen MR) is 68.9 cm³/mol. The van der Waals surface area contributed by atoms with Crippen LogP contribution < -0.4 is 10.6 Å². The summed E-state index contributed by atoms with van der Waals surface area (Å²) in [7, 11) is 0. The molecule has 4 nitrogen and oxygen atoms in total. The van der Waals surface area contributed by atoms with E-state index in [0.29, 0.717) is 12.6 Å². The van der Waals surface area contributed by atoms with Gasteiger partial charge in [-0.15, -0.1) is 0 Å². The molecule has 1 aliphatic heterocycles. The van der Waals surface area contributed by atoms with Gasteiger partial charge in [-0.1, -0.05) is 0 Å². The Balaban J connectivity index is 1.99. The zero-order chi connectivity index (χ0) is 12.7. The first-order valence-electron chi connectivity index (χ1n) is 6.61. The summed E-state index contributed by atoms with van der Waals surface area (Å²) in [6.07, 6.45) is 3.29. The second-order valence-electron chi connectivity index (χ2n) is 5.72. The van der Waals surface area contributed by atoms with Crippen LogP contribution in [-0.4, -0.2) is 38.3 Å². The van der Waals surface area contributed by atoms with Crippen LogP contribution in [0.1, 0.15) is 40.0 Å². The number of esters is 1. The third-order valence-electron chi connectivity index (χ3n) is 2.94. The van der Waals surface area contributed by atoms with E-state index in [0.717, 1.165) is 26.1 Å². The van der Waals surface area contributed by atoms with E-state index < -0.39 is 0 Å². The molecule has 0 unspecified atom stereocenters. The predicted octanol–water partition coefficient (Wildman–Crippen LogP) is 1.31. The van der Waals surface area contributed by atoms with Crippen molar-refractivity contribution >= 4 is 5.97 Å². The van der Waals surface area contributed by atoms with Crippen molar-refractivity contribution in [1.82, 2.24) is 10.6 Å². The molecule has 1 aliphatic rings. The van der Waals surface area contributed by atoms with E-state index in [1.54, 1.807) is 0 Å². The smallest absolute Gasteiger partial charge is 0.311 e. The molecule has 1 heterocycles. The molecule has 0 aromatic heterocycles. The molecule has 0 amide bonds. The minimum Gasteiger partial charge on any atom is -0.465 e. The van der Waals surface area contributed by atoms with Gasteiger partial charge in [0.25, 0.3) is 0 Å². The fourth-order valence-electron chi connectivity index (χ4n) is 1.79. The second kappa shape index (κ2) is 6.97. The summed E-state index contributed by atoms with van der Waals surface area (Å²) >= 11 is 0. The van der Waals surface area contributed by atoms with Crippen LogP contribution >= 0.6 is 0 Å². The number of hydrogen-bond donors (Lipinski definition) is 2. The molecule has 0 aliphatic carbocycles. The lowest BCUT2D eigenvalue weighted by molar-refractivity contribution is -0.152. The molecule has 0 radical (unpaired) electrons. The molecular formula is C13H26N2O2. The van der Waals surface area contributed by atoms with E-state index >= 15 is 0 Å². The summed E-state index contributed by atoms with van der Waals surface area (Å²) in [5.41, 5.74) is -0.386. The van der Waals surface area contributed by atoms with Gasteiger partial charge in [-0.2, -0.15) is 0 Å². The molecule has 0 saturated carbocycles. The number of nitrogens with one attached hydrogen (secondary N) is 2. The maximum atomic E-state index is 11.5. The first-order chi connectivity index (χ1) is 8.00. The lowest BCUT2D eigenvalue weighted by atomic mass is 9.97. The first-order valence-corrected chi connectivity index (χ1v) is 6.61. The molecule has 17 heavy (non-hydrogen) atoms. The Morgan fingerprint density at radius 3 is 2.59 bits per heavy atom. The first kappa shape index (κ1) is 14.5. The van der Waals surface area contributed by atoms with Gasteiger partial charge in [0.1, 0.15) is 0 Å². The van der Waals surface area contributed by atoms with Crippen molar-refractivity contribution in [2.75, 3.05) is 26.2 Å². The Kier molecular flexibility index (Phi) is 5.92. The summed E-state index contributed by atoms with van der Waals surface area (Å²) in [5.74, 6) is -0.112. The Bertz CT molecular complexity index is 230. The topological polar surface area (TPSA) is 50.4 Å². The fraction of sp³-hybridized carbons (Fsp3) is 0.923. The summed E-state index contributed by atoms with van der Waals surface area (Å²) < 4.78 is 5.20. The maximum absolute atomic E-state index is 11.5. The summed E-state index contributed by atoms with van der Waals surface area (Å²) in [4.78, 5) is 11.5. The van der Waals surface area contributed by atoms with Gasteiger partial charge in [-0.3, -0.25) is 4.79 Å². The van der Waals surface area contributed by atoms with Gasteiger partial charge in [0.15, 0.2) is 0 Å². The van der Waals surface area contributed by atoms with Crippen LogP contribution in [0.25, 0.3) is 0 Å². The zero-order valence-electron chi connectivity index (χ0n) is 11.3. The molecule has 0 atom stereocenters. The lowest BCUT2D eigenvalue weighted by Crippen LogP contribution is -2.40. The van der Waals surface area contributed by atoms with Crippen molar-refractivity contribution in [2.24, 2.45) is 5.41 Å².